The summed E-state index contributed by atoms with van der Waals surface area (Å²) in [7, 11) is 0. The van der Waals surface area contributed by atoms with E-state index in [1.54, 1.807) is 0 Å². The average Bonchev–Trinajstić information content (AvgIpc) is 3.20. The monoisotopic (exact) mass is 481 g/mol. The number of aromatic nitrogens is 1. The van der Waals surface area contributed by atoms with Gasteiger partial charge in [0, 0.05) is 26.8 Å². The molecule has 1 heterocycles. The molecule has 188 valence electrons. The zero-order valence-corrected chi connectivity index (χ0v) is 22.5. The van der Waals surface area contributed by atoms with Crippen LogP contribution in [0.5, 0.6) is 0 Å². The van der Waals surface area contributed by atoms with Gasteiger partial charge in [-0.15, -0.1) is 0 Å². The van der Waals surface area contributed by atoms with E-state index in [0.29, 0.717) is 0 Å². The summed E-state index contributed by atoms with van der Waals surface area (Å²) in [5, 5.41) is 3.39. The van der Waals surface area contributed by atoms with Gasteiger partial charge in [0.05, 0.1) is 0 Å². The summed E-state index contributed by atoms with van der Waals surface area (Å²) in [6.45, 7) is 2.30. The predicted molar refractivity (Wildman–Crippen MR) is 153 cm³/mol. The first-order valence-electron chi connectivity index (χ1n) is 14.5. The fourth-order valence-corrected chi connectivity index (χ4v) is 5.48. The summed E-state index contributed by atoms with van der Waals surface area (Å²) in [5.74, 6) is 0. The number of fused-ring (bicyclic) bond motifs is 3. The van der Waals surface area contributed by atoms with Crippen LogP contribution >= 0.6 is 11.6 Å². The van der Waals surface area contributed by atoms with Crippen LogP contribution in [-0.4, -0.2) is 4.98 Å². The summed E-state index contributed by atoms with van der Waals surface area (Å²) in [5.41, 5.74) is 3.80. The molecule has 1 N–H and O–H groups in total. The summed E-state index contributed by atoms with van der Waals surface area (Å²) in [4.78, 5) is 3.49. The van der Waals surface area contributed by atoms with E-state index in [1.165, 1.54) is 144 Å². The van der Waals surface area contributed by atoms with Gasteiger partial charge in [0.15, 0.2) is 0 Å². The van der Waals surface area contributed by atoms with Gasteiger partial charge in [-0.25, -0.2) is 0 Å². The number of H-pyrrole nitrogens is 1. The van der Waals surface area contributed by atoms with Gasteiger partial charge >= 0.3 is 0 Å². The minimum Gasteiger partial charge on any atom is -0.354 e. The van der Waals surface area contributed by atoms with Crippen molar-refractivity contribution in [2.75, 3.05) is 0 Å². The Morgan fingerprint density at radius 3 is 1.62 bits per heavy atom. The molecule has 0 saturated heterocycles. The number of nitrogens with one attached hydrogen (secondary N) is 1. The Hall–Kier alpha value is -1.47. The van der Waals surface area contributed by atoms with Crippen molar-refractivity contribution in [1.29, 1.82) is 0 Å². The Morgan fingerprint density at radius 2 is 1.06 bits per heavy atom. The van der Waals surface area contributed by atoms with Gasteiger partial charge in [-0.3, -0.25) is 0 Å². The average molecular weight is 482 g/mol. The molecule has 0 aliphatic heterocycles. The molecule has 0 bridgehead atoms. The van der Waals surface area contributed by atoms with E-state index in [9.17, 15) is 0 Å². The molecule has 0 amide bonds. The summed E-state index contributed by atoms with van der Waals surface area (Å²) >= 11 is 6.15. The van der Waals surface area contributed by atoms with Crippen LogP contribution in [0, 0.1) is 0 Å². The van der Waals surface area contributed by atoms with E-state index in [2.05, 4.69) is 36.2 Å². The van der Waals surface area contributed by atoms with Gasteiger partial charge in [0.1, 0.15) is 0 Å². The van der Waals surface area contributed by atoms with Crippen molar-refractivity contribution in [3.63, 3.8) is 0 Å². The van der Waals surface area contributed by atoms with Crippen molar-refractivity contribution < 1.29 is 0 Å². The van der Waals surface area contributed by atoms with Gasteiger partial charge in [0.2, 0.25) is 0 Å². The zero-order valence-electron chi connectivity index (χ0n) is 21.8. The lowest BCUT2D eigenvalue weighted by Crippen LogP contribution is -1.87. The number of hydrogen-bond acceptors (Lipinski definition) is 0. The van der Waals surface area contributed by atoms with E-state index >= 15 is 0 Å². The van der Waals surface area contributed by atoms with E-state index in [1.807, 2.05) is 12.1 Å². The Kier molecular flexibility index (Phi) is 13.0. The van der Waals surface area contributed by atoms with Crippen molar-refractivity contribution >= 4 is 33.4 Å². The van der Waals surface area contributed by atoms with Crippen molar-refractivity contribution in [2.45, 2.75) is 129 Å². The first-order chi connectivity index (χ1) is 16.8. The molecule has 0 aliphatic carbocycles. The van der Waals surface area contributed by atoms with Crippen molar-refractivity contribution in [3.05, 3.63) is 47.0 Å². The molecule has 2 heteroatoms. The third-order valence-electron chi connectivity index (χ3n) is 7.44. The Balaban J connectivity index is 1.15. The van der Waals surface area contributed by atoms with Crippen LogP contribution < -0.4 is 0 Å². The number of aromatic amines is 1. The van der Waals surface area contributed by atoms with Crippen LogP contribution in [0.1, 0.15) is 128 Å². The lowest BCUT2D eigenvalue weighted by atomic mass is 10.0. The molecule has 34 heavy (non-hydrogen) atoms. The molecule has 0 aliphatic rings. The second kappa shape index (κ2) is 16.2. The molecule has 0 radical (unpaired) electrons. The molecular weight excluding hydrogens is 434 g/mol. The Labute approximate surface area is 214 Å². The van der Waals surface area contributed by atoms with E-state index in [0.717, 1.165) is 10.5 Å². The molecule has 3 aromatic rings. The van der Waals surface area contributed by atoms with Crippen LogP contribution in [0.25, 0.3) is 21.8 Å². The second-order valence-corrected chi connectivity index (χ2v) is 10.9. The molecule has 1 aromatic heterocycles. The largest absolute Gasteiger partial charge is 0.354 e. The van der Waals surface area contributed by atoms with Gasteiger partial charge < -0.3 is 4.98 Å². The molecule has 3 rings (SSSR count). The maximum Gasteiger partial charge on any atom is 0.0479 e. The molecule has 0 saturated carbocycles. The first-order valence-corrected chi connectivity index (χ1v) is 14.9. The number of rotatable bonds is 19. The summed E-state index contributed by atoms with van der Waals surface area (Å²) in [6.07, 6.45) is 27.0. The maximum atomic E-state index is 6.15. The summed E-state index contributed by atoms with van der Waals surface area (Å²) < 4.78 is 0. The van der Waals surface area contributed by atoms with Crippen molar-refractivity contribution in [1.82, 2.24) is 4.98 Å². The highest BCUT2D eigenvalue weighted by Gasteiger charge is 2.06. The highest BCUT2D eigenvalue weighted by atomic mass is 35.5. The third kappa shape index (κ3) is 9.65. The number of hydrogen-bond donors (Lipinski definition) is 1. The minimum atomic E-state index is 0.790. The first kappa shape index (κ1) is 27.1. The molecule has 0 spiro atoms. The van der Waals surface area contributed by atoms with Crippen LogP contribution in [0.15, 0.2) is 36.4 Å². The molecular formula is C32H48ClN. The lowest BCUT2D eigenvalue weighted by Gasteiger charge is -2.04. The molecule has 0 atom stereocenters. The number of aryl methyl sites for hydroxylation is 1. The normalized spacial score (nSPS) is 11.7. The number of benzene rings is 2. The SMILES string of the molecule is CCCCCCCCCCCCCCCCCCCCc1ccc2[nH]c3cc(Cl)ccc3c2c1. The van der Waals surface area contributed by atoms with Gasteiger partial charge in [-0.1, -0.05) is 140 Å². The molecule has 2 aromatic carbocycles. The van der Waals surface area contributed by atoms with Crippen LogP contribution in [0.2, 0.25) is 5.02 Å². The maximum absolute atomic E-state index is 6.15. The zero-order chi connectivity index (χ0) is 23.8. The van der Waals surface area contributed by atoms with Crippen molar-refractivity contribution in [3.8, 4) is 0 Å². The van der Waals surface area contributed by atoms with Gasteiger partial charge in [-0.05, 0) is 42.7 Å². The quantitative estimate of drug-likeness (QED) is 0.164. The standard InChI is InChI=1S/C32H48ClN/c1-2-3-4-5-6-7-8-9-10-11-12-13-14-15-16-17-18-19-20-27-21-24-31-30(25-27)29-23-22-28(33)26-32(29)34-31/h21-26,34H,2-20H2,1H3. The highest BCUT2D eigenvalue weighted by molar-refractivity contribution is 6.31. The third-order valence-corrected chi connectivity index (χ3v) is 7.68. The second-order valence-electron chi connectivity index (χ2n) is 10.5. The fourth-order valence-electron chi connectivity index (χ4n) is 5.31. The topological polar surface area (TPSA) is 15.8 Å². The van der Waals surface area contributed by atoms with Crippen LogP contribution in [0.3, 0.4) is 0 Å². The molecule has 1 nitrogen and oxygen atoms in total. The minimum absolute atomic E-state index is 0.790. The predicted octanol–water partition coefficient (Wildman–Crippen LogP) is 11.6. The highest BCUT2D eigenvalue weighted by Crippen LogP contribution is 2.28. The number of halogens is 1. The smallest absolute Gasteiger partial charge is 0.0479 e. The number of unbranched alkanes of at least 4 members (excludes halogenated alkanes) is 17. The summed E-state index contributed by atoms with van der Waals surface area (Å²) in [6, 6.07) is 13.0. The molecule has 0 fully saturated rings. The van der Waals surface area contributed by atoms with Crippen LogP contribution in [-0.2, 0) is 6.42 Å². The van der Waals surface area contributed by atoms with E-state index in [4.69, 9.17) is 11.6 Å². The van der Waals surface area contributed by atoms with Gasteiger partial charge in [0.25, 0.3) is 0 Å². The lowest BCUT2D eigenvalue weighted by molar-refractivity contribution is 0.525. The van der Waals surface area contributed by atoms with E-state index < -0.39 is 0 Å². The van der Waals surface area contributed by atoms with E-state index in [-0.39, 0.29) is 0 Å². The van der Waals surface area contributed by atoms with Crippen molar-refractivity contribution in [2.24, 2.45) is 0 Å². The van der Waals surface area contributed by atoms with Gasteiger partial charge in [-0.2, -0.15) is 0 Å². The van der Waals surface area contributed by atoms with Crippen LogP contribution in [0.4, 0.5) is 0 Å². The fraction of sp³-hybridized carbons (Fsp3) is 0.625. The molecule has 0 unspecified atom stereocenters. The Bertz CT molecular complexity index is 941. The Morgan fingerprint density at radius 1 is 0.529 bits per heavy atom.